The molecule has 7 nitrogen and oxygen atoms in total. The molecular weight excluding hydrogens is 376 g/mol. The Kier molecular flexibility index (Phi) is 4.44. The summed E-state index contributed by atoms with van der Waals surface area (Å²) >= 11 is 0. The summed E-state index contributed by atoms with van der Waals surface area (Å²) in [5.74, 6) is 3.25. The molecule has 1 fully saturated rings. The zero-order valence-corrected chi connectivity index (χ0v) is 16.6. The molecule has 0 unspecified atom stereocenters. The molecule has 1 aliphatic carbocycles. The Balaban J connectivity index is 1.71. The van der Waals surface area contributed by atoms with E-state index in [1.165, 1.54) is 0 Å². The predicted octanol–water partition coefficient (Wildman–Crippen LogP) is 2.88. The lowest BCUT2D eigenvalue weighted by Gasteiger charge is -2.38. The van der Waals surface area contributed by atoms with E-state index in [9.17, 15) is 5.11 Å². The maximum atomic E-state index is 11.1. The zero-order chi connectivity index (χ0) is 20.1. The number of hydrogen-bond acceptors (Lipinski definition) is 7. The molecule has 2 aliphatic heterocycles. The van der Waals surface area contributed by atoms with Crippen molar-refractivity contribution in [3.63, 3.8) is 0 Å². The molecule has 0 bridgehead atoms. The standard InChI is InChI=1S/C22H24O7/c1-24-18-4-11(5-19(25-2)22(18)26-3)20-12-6-16-17(29-10-28-16)7-13(12)21(23)15-9-27-8-14(15)20/h4-7,14-15,20-21,23H,8-10H2,1-3H3/t14-,15-,20-,21+/m0/s1. The first kappa shape index (κ1) is 18.4. The van der Waals surface area contributed by atoms with E-state index in [1.807, 2.05) is 24.3 Å². The third-order valence-corrected chi connectivity index (χ3v) is 6.28. The van der Waals surface area contributed by atoms with Crippen LogP contribution in [0.3, 0.4) is 0 Å². The van der Waals surface area contributed by atoms with Crippen LogP contribution in [0.4, 0.5) is 0 Å². The SMILES string of the molecule is COc1cc([C@H]2c3cc4c(cc3[C@@H](O)[C@H]3COC[C@H]23)OCO4)cc(OC)c1OC. The van der Waals surface area contributed by atoms with Gasteiger partial charge in [0.2, 0.25) is 12.5 Å². The zero-order valence-electron chi connectivity index (χ0n) is 16.6. The molecule has 0 saturated carbocycles. The van der Waals surface area contributed by atoms with Crippen molar-refractivity contribution in [2.24, 2.45) is 11.8 Å². The Morgan fingerprint density at radius 3 is 2.07 bits per heavy atom. The van der Waals surface area contributed by atoms with E-state index < -0.39 is 6.10 Å². The second kappa shape index (κ2) is 7.00. The van der Waals surface area contributed by atoms with Crippen molar-refractivity contribution in [1.82, 2.24) is 0 Å². The summed E-state index contributed by atoms with van der Waals surface area (Å²) < 4.78 is 33.6. The van der Waals surface area contributed by atoms with Gasteiger partial charge in [0.05, 0.1) is 40.6 Å². The lowest BCUT2D eigenvalue weighted by Crippen LogP contribution is -2.33. The molecule has 2 aromatic carbocycles. The molecule has 3 aliphatic rings. The summed E-state index contributed by atoms with van der Waals surface area (Å²) in [4.78, 5) is 0. The van der Waals surface area contributed by atoms with E-state index >= 15 is 0 Å². The smallest absolute Gasteiger partial charge is 0.231 e. The van der Waals surface area contributed by atoms with E-state index in [0.717, 1.165) is 16.7 Å². The van der Waals surface area contributed by atoms with Crippen molar-refractivity contribution >= 4 is 0 Å². The molecular formula is C22H24O7. The Bertz CT molecular complexity index is 916. The number of aliphatic hydroxyl groups is 1. The van der Waals surface area contributed by atoms with Crippen LogP contribution in [0.5, 0.6) is 28.7 Å². The molecule has 29 heavy (non-hydrogen) atoms. The summed E-state index contributed by atoms with van der Waals surface area (Å²) in [5.41, 5.74) is 2.90. The van der Waals surface area contributed by atoms with Crippen LogP contribution in [0.2, 0.25) is 0 Å². The van der Waals surface area contributed by atoms with Gasteiger partial charge in [-0.1, -0.05) is 0 Å². The Hall–Kier alpha value is -2.64. The molecule has 0 spiro atoms. The fourth-order valence-electron chi connectivity index (χ4n) is 4.92. The highest BCUT2D eigenvalue weighted by atomic mass is 16.7. The normalized spacial score (nSPS) is 26.6. The van der Waals surface area contributed by atoms with Crippen LogP contribution < -0.4 is 23.7 Å². The van der Waals surface area contributed by atoms with Gasteiger partial charge < -0.3 is 33.5 Å². The number of hydrogen-bond donors (Lipinski definition) is 1. The molecule has 0 radical (unpaired) electrons. The van der Waals surface area contributed by atoms with Crippen molar-refractivity contribution in [2.45, 2.75) is 12.0 Å². The van der Waals surface area contributed by atoms with Crippen molar-refractivity contribution in [2.75, 3.05) is 41.3 Å². The second-order valence-electron chi connectivity index (χ2n) is 7.58. The average molecular weight is 400 g/mol. The highest BCUT2D eigenvalue weighted by molar-refractivity contribution is 5.59. The minimum atomic E-state index is -0.606. The maximum Gasteiger partial charge on any atom is 0.231 e. The average Bonchev–Trinajstić information content (AvgIpc) is 3.41. The molecule has 4 atom stereocenters. The molecule has 7 heteroatoms. The quantitative estimate of drug-likeness (QED) is 0.846. The third kappa shape index (κ3) is 2.72. The molecule has 0 amide bonds. The summed E-state index contributed by atoms with van der Waals surface area (Å²) in [6.07, 6.45) is -0.606. The number of aliphatic hydroxyl groups excluding tert-OH is 1. The first-order valence-corrected chi connectivity index (χ1v) is 9.65. The first-order valence-electron chi connectivity index (χ1n) is 9.65. The summed E-state index contributed by atoms with van der Waals surface area (Å²) in [7, 11) is 4.81. The number of benzene rings is 2. The van der Waals surface area contributed by atoms with E-state index in [2.05, 4.69) is 0 Å². The van der Waals surface area contributed by atoms with Gasteiger partial charge in [-0.15, -0.1) is 0 Å². The van der Waals surface area contributed by atoms with Crippen LogP contribution in [0.15, 0.2) is 24.3 Å². The van der Waals surface area contributed by atoms with Gasteiger partial charge >= 0.3 is 0 Å². The number of ether oxygens (including phenoxy) is 6. The van der Waals surface area contributed by atoms with Crippen LogP contribution in [0.25, 0.3) is 0 Å². The summed E-state index contributed by atoms with van der Waals surface area (Å²) in [6, 6.07) is 7.85. The van der Waals surface area contributed by atoms with E-state index in [1.54, 1.807) is 21.3 Å². The summed E-state index contributed by atoms with van der Waals surface area (Å²) in [6.45, 7) is 1.30. The first-order chi connectivity index (χ1) is 14.2. The maximum absolute atomic E-state index is 11.1. The van der Waals surface area contributed by atoms with Gasteiger partial charge in [0, 0.05) is 17.8 Å². The highest BCUT2D eigenvalue weighted by Crippen LogP contribution is 2.55. The second-order valence-corrected chi connectivity index (χ2v) is 7.58. The molecule has 154 valence electrons. The van der Waals surface area contributed by atoms with Gasteiger partial charge in [-0.05, 0) is 41.0 Å². The van der Waals surface area contributed by atoms with E-state index in [4.69, 9.17) is 28.4 Å². The lowest BCUT2D eigenvalue weighted by atomic mass is 9.66. The van der Waals surface area contributed by atoms with Crippen LogP contribution in [-0.2, 0) is 4.74 Å². The van der Waals surface area contributed by atoms with Gasteiger partial charge in [0.25, 0.3) is 0 Å². The summed E-state index contributed by atoms with van der Waals surface area (Å²) in [5, 5.41) is 11.1. The topological polar surface area (TPSA) is 75.6 Å². The van der Waals surface area contributed by atoms with Crippen molar-refractivity contribution in [1.29, 1.82) is 0 Å². The van der Waals surface area contributed by atoms with Gasteiger partial charge in [-0.2, -0.15) is 0 Å². The van der Waals surface area contributed by atoms with E-state index in [0.29, 0.717) is 42.0 Å². The fourth-order valence-corrected chi connectivity index (χ4v) is 4.92. The molecule has 1 N–H and O–H groups in total. The molecule has 5 rings (SSSR count). The highest BCUT2D eigenvalue weighted by Gasteiger charge is 2.47. The van der Waals surface area contributed by atoms with Gasteiger partial charge in [0.15, 0.2) is 23.0 Å². The van der Waals surface area contributed by atoms with Crippen molar-refractivity contribution in [3.05, 3.63) is 41.0 Å². The fraction of sp³-hybridized carbons (Fsp3) is 0.455. The van der Waals surface area contributed by atoms with Crippen LogP contribution >= 0.6 is 0 Å². The Labute approximate surface area is 169 Å². The van der Waals surface area contributed by atoms with Gasteiger partial charge in [-0.25, -0.2) is 0 Å². The van der Waals surface area contributed by atoms with Crippen molar-refractivity contribution in [3.8, 4) is 28.7 Å². The van der Waals surface area contributed by atoms with Gasteiger partial charge in [-0.3, -0.25) is 0 Å². The molecule has 0 aromatic heterocycles. The third-order valence-electron chi connectivity index (χ3n) is 6.28. The number of fused-ring (bicyclic) bond motifs is 3. The Morgan fingerprint density at radius 1 is 0.828 bits per heavy atom. The monoisotopic (exact) mass is 400 g/mol. The van der Waals surface area contributed by atoms with Crippen molar-refractivity contribution < 1.29 is 33.5 Å². The Morgan fingerprint density at radius 2 is 1.45 bits per heavy atom. The number of methoxy groups -OCH3 is 3. The van der Waals surface area contributed by atoms with Gasteiger partial charge in [0.1, 0.15) is 0 Å². The van der Waals surface area contributed by atoms with Crippen LogP contribution in [0.1, 0.15) is 28.7 Å². The minimum absolute atomic E-state index is 0.00645. The van der Waals surface area contributed by atoms with E-state index in [-0.39, 0.29) is 24.5 Å². The molecule has 2 aromatic rings. The number of rotatable bonds is 4. The van der Waals surface area contributed by atoms with Crippen LogP contribution in [0, 0.1) is 11.8 Å². The van der Waals surface area contributed by atoms with Crippen LogP contribution in [-0.4, -0.2) is 46.4 Å². The minimum Gasteiger partial charge on any atom is -0.493 e. The lowest BCUT2D eigenvalue weighted by molar-refractivity contribution is 0.0687. The predicted molar refractivity (Wildman–Crippen MR) is 103 cm³/mol. The largest absolute Gasteiger partial charge is 0.493 e. The molecule has 1 saturated heterocycles. The molecule has 2 heterocycles.